The van der Waals surface area contributed by atoms with Crippen LogP contribution in [-0.2, 0) is 4.79 Å². The zero-order valence-corrected chi connectivity index (χ0v) is 4.90. The van der Waals surface area contributed by atoms with Crippen molar-refractivity contribution in [3.05, 3.63) is 0 Å². The van der Waals surface area contributed by atoms with Gasteiger partial charge >= 0.3 is 5.97 Å². The maximum Gasteiger partial charge on any atom is 0.316 e. The van der Waals surface area contributed by atoms with Crippen LogP contribution in [-0.4, -0.2) is 15.9 Å². The molecule has 0 aromatic heterocycles. The highest BCUT2D eigenvalue weighted by molar-refractivity contribution is 9.10. The van der Waals surface area contributed by atoms with E-state index < -0.39 is 10.8 Å². The molecule has 3 heteroatoms. The molecule has 0 amide bonds. The first-order valence-electron chi connectivity index (χ1n) is 1.51. The van der Waals surface area contributed by atoms with E-state index in [2.05, 4.69) is 15.9 Å². The largest absolute Gasteiger partial charge is 0.480 e. The first-order valence-corrected chi connectivity index (χ1v) is 2.43. The normalized spacial score (nSPS) is 13.7. The van der Waals surface area contributed by atoms with E-state index in [0.29, 0.717) is 0 Å². The second-order valence-corrected chi connectivity index (χ2v) is 2.33. The van der Waals surface area contributed by atoms with Crippen molar-refractivity contribution in [2.24, 2.45) is 0 Å². The Bertz CT molecular complexity index is 59.8. The highest BCUT2D eigenvalue weighted by Crippen LogP contribution is 1.93. The van der Waals surface area contributed by atoms with Crippen LogP contribution in [0.4, 0.5) is 0 Å². The number of alkyl halides is 1. The fourth-order valence-corrected chi connectivity index (χ4v) is 0. The van der Waals surface area contributed by atoms with Gasteiger partial charge in [-0.1, -0.05) is 15.9 Å². The van der Waals surface area contributed by atoms with Crippen molar-refractivity contribution < 1.29 is 9.90 Å². The Hall–Kier alpha value is -0.0500. The minimum absolute atomic E-state index is 0.419. The fourth-order valence-electron chi connectivity index (χ4n) is 0. The van der Waals surface area contributed by atoms with E-state index >= 15 is 0 Å². The molecular weight excluding hydrogens is 149 g/mol. The Labute approximate surface area is 44.3 Å². The second kappa shape index (κ2) is 2.18. The van der Waals surface area contributed by atoms with E-state index in [-0.39, 0.29) is 0 Å². The zero-order valence-electron chi connectivity index (χ0n) is 3.31. The number of halogens is 1. The smallest absolute Gasteiger partial charge is 0.316 e. The van der Waals surface area contributed by atoms with Crippen LogP contribution < -0.4 is 0 Å². The van der Waals surface area contributed by atoms with Gasteiger partial charge in [-0.25, -0.2) is 0 Å². The predicted octanol–water partition coefficient (Wildman–Crippen LogP) is 0.854. The molecule has 0 bridgehead atoms. The predicted molar refractivity (Wildman–Crippen MR) is 26.0 cm³/mol. The van der Waals surface area contributed by atoms with E-state index in [9.17, 15) is 4.79 Å². The van der Waals surface area contributed by atoms with Crippen molar-refractivity contribution in [1.82, 2.24) is 0 Å². The molecule has 0 aliphatic heterocycles. The molecule has 0 aromatic rings. The van der Waals surface area contributed by atoms with Crippen molar-refractivity contribution in [3.8, 4) is 0 Å². The average Bonchev–Trinajstić information content (AvgIpc) is 1.36. The first-order chi connectivity index (χ1) is 2.64. The van der Waals surface area contributed by atoms with Crippen LogP contribution in [0.1, 0.15) is 6.92 Å². The molecular formula is C3H5BrO2. The molecule has 0 spiro atoms. The molecule has 2 nitrogen and oxygen atoms in total. The van der Waals surface area contributed by atoms with Crippen molar-refractivity contribution in [1.29, 1.82) is 0 Å². The number of carbonyl (C=O) groups is 1. The van der Waals surface area contributed by atoms with E-state index in [0.717, 1.165) is 0 Å². The molecule has 1 unspecified atom stereocenters. The van der Waals surface area contributed by atoms with Gasteiger partial charge in [0.2, 0.25) is 0 Å². The summed E-state index contributed by atoms with van der Waals surface area (Å²) < 4.78 is 0. The van der Waals surface area contributed by atoms with Gasteiger partial charge in [-0.15, -0.1) is 0 Å². The molecule has 0 fully saturated rings. The van der Waals surface area contributed by atoms with Gasteiger partial charge in [0.15, 0.2) is 0 Å². The third-order valence-corrected chi connectivity index (χ3v) is 0.732. The Kier molecular flexibility index (Phi) is 2.16. The molecule has 0 saturated carbocycles. The lowest BCUT2D eigenvalue weighted by Crippen LogP contribution is -2.06. The van der Waals surface area contributed by atoms with Crippen molar-refractivity contribution in [2.75, 3.05) is 0 Å². The van der Waals surface area contributed by atoms with Gasteiger partial charge in [0.05, 0.1) is 0 Å². The van der Waals surface area contributed by atoms with Gasteiger partial charge in [-0.05, 0) is 6.92 Å². The van der Waals surface area contributed by atoms with Crippen molar-refractivity contribution >= 4 is 21.9 Å². The van der Waals surface area contributed by atoms with Gasteiger partial charge < -0.3 is 5.11 Å². The first kappa shape index (κ1) is 5.95. The molecule has 0 aliphatic rings. The number of hydrogen-bond acceptors (Lipinski definition) is 1. The van der Waals surface area contributed by atoms with Crippen LogP contribution in [0.3, 0.4) is 0 Å². The van der Waals surface area contributed by atoms with E-state index in [4.69, 9.17) is 5.11 Å². The molecule has 0 saturated heterocycles. The third-order valence-electron chi connectivity index (χ3n) is 0.340. The zero-order chi connectivity index (χ0) is 5.15. The number of hydrogen-bond donors (Lipinski definition) is 1. The van der Waals surface area contributed by atoms with E-state index in [1.807, 2.05) is 0 Å². The summed E-state index contributed by atoms with van der Waals surface area (Å²) in [5.74, 6) is -0.824. The summed E-state index contributed by atoms with van der Waals surface area (Å²) in [5, 5.41) is 7.94. The van der Waals surface area contributed by atoms with Gasteiger partial charge in [-0.2, -0.15) is 0 Å². The van der Waals surface area contributed by atoms with E-state index in [1.54, 1.807) is 6.92 Å². The maximum atomic E-state index is 9.65. The average molecular weight is 154 g/mol. The lowest BCUT2D eigenvalue weighted by molar-refractivity contribution is -0.135. The summed E-state index contributed by atoms with van der Waals surface area (Å²) in [4.78, 5) is 9.23. The standard InChI is InChI=1S/C3H5BrO2/c1-2(4)3(5)6/h2H,1H3,(H,5,6)/i3+1. The Morgan fingerprint density at radius 1 is 2.00 bits per heavy atom. The molecule has 0 heterocycles. The van der Waals surface area contributed by atoms with Crippen molar-refractivity contribution in [3.63, 3.8) is 0 Å². The van der Waals surface area contributed by atoms with Crippen LogP contribution >= 0.6 is 15.9 Å². The Morgan fingerprint density at radius 3 is 2.17 bits per heavy atom. The Balaban J connectivity index is 3.26. The minimum atomic E-state index is -0.824. The fraction of sp³-hybridized carbons (Fsp3) is 0.667. The number of aliphatic carboxylic acids is 1. The molecule has 0 radical (unpaired) electrons. The molecule has 36 valence electrons. The van der Waals surface area contributed by atoms with Crippen LogP contribution in [0.5, 0.6) is 0 Å². The quantitative estimate of drug-likeness (QED) is 0.449. The van der Waals surface area contributed by atoms with Gasteiger partial charge in [-0.3, -0.25) is 4.79 Å². The van der Waals surface area contributed by atoms with Crippen LogP contribution in [0.25, 0.3) is 0 Å². The summed E-state index contributed by atoms with van der Waals surface area (Å²) in [6, 6.07) is 0. The van der Waals surface area contributed by atoms with E-state index in [1.165, 1.54) is 0 Å². The summed E-state index contributed by atoms with van der Waals surface area (Å²) in [7, 11) is 0. The third kappa shape index (κ3) is 2.20. The summed E-state index contributed by atoms with van der Waals surface area (Å²) >= 11 is 2.84. The van der Waals surface area contributed by atoms with Crippen LogP contribution in [0.15, 0.2) is 0 Å². The highest BCUT2D eigenvalue weighted by Gasteiger charge is 2.01. The van der Waals surface area contributed by atoms with Gasteiger partial charge in [0, 0.05) is 0 Å². The summed E-state index contributed by atoms with van der Waals surface area (Å²) in [6.07, 6.45) is 0. The second-order valence-electron chi connectivity index (χ2n) is 0.954. The molecule has 0 aromatic carbocycles. The minimum Gasteiger partial charge on any atom is -0.480 e. The maximum absolute atomic E-state index is 9.65. The molecule has 1 atom stereocenters. The molecule has 6 heavy (non-hydrogen) atoms. The lowest BCUT2D eigenvalue weighted by atomic mass is 10.7. The van der Waals surface area contributed by atoms with Crippen LogP contribution in [0, 0.1) is 0 Å². The van der Waals surface area contributed by atoms with Crippen LogP contribution in [0.2, 0.25) is 0 Å². The lowest BCUT2D eigenvalue weighted by Gasteiger charge is -1.87. The number of rotatable bonds is 1. The number of carboxylic acid groups (broad SMARTS) is 1. The topological polar surface area (TPSA) is 37.3 Å². The molecule has 1 N–H and O–H groups in total. The van der Waals surface area contributed by atoms with Gasteiger partial charge in [0.1, 0.15) is 4.83 Å². The molecule has 0 aliphatic carbocycles. The monoisotopic (exact) mass is 153 g/mol. The highest BCUT2D eigenvalue weighted by atomic mass is 79.9. The Morgan fingerprint density at radius 2 is 2.17 bits per heavy atom. The summed E-state index contributed by atoms with van der Waals surface area (Å²) in [5.41, 5.74) is 0. The SMILES string of the molecule is CC(Br)[13C](=O)O. The van der Waals surface area contributed by atoms with Gasteiger partial charge in [0.25, 0.3) is 0 Å². The number of carboxylic acids is 1. The molecule has 0 rings (SSSR count). The summed E-state index contributed by atoms with van der Waals surface area (Å²) in [6.45, 7) is 1.56. The van der Waals surface area contributed by atoms with Crippen molar-refractivity contribution in [2.45, 2.75) is 11.8 Å².